The second-order valence-corrected chi connectivity index (χ2v) is 3.65. The van der Waals surface area contributed by atoms with E-state index in [4.69, 9.17) is 4.74 Å². The second kappa shape index (κ2) is 4.76. The van der Waals surface area contributed by atoms with Crippen LogP contribution in [0.3, 0.4) is 0 Å². The summed E-state index contributed by atoms with van der Waals surface area (Å²) in [5, 5.41) is 0. The van der Waals surface area contributed by atoms with Gasteiger partial charge in [-0.05, 0) is 25.2 Å². The molecule has 2 atom stereocenters. The lowest BCUT2D eigenvalue weighted by atomic mass is 9.95. The molecule has 1 saturated carbocycles. The maximum Gasteiger partial charge on any atom is 0.0468 e. The monoisotopic (exact) mass is 156 g/mol. The largest absolute Gasteiger partial charge is 0.382 e. The molecule has 11 heavy (non-hydrogen) atoms. The third-order valence-electron chi connectivity index (χ3n) is 2.88. The van der Waals surface area contributed by atoms with Crippen molar-refractivity contribution in [2.24, 2.45) is 11.8 Å². The van der Waals surface area contributed by atoms with Crippen molar-refractivity contribution < 1.29 is 4.74 Å². The summed E-state index contributed by atoms with van der Waals surface area (Å²) in [6.07, 6.45) is 5.61. The molecule has 0 heterocycles. The van der Waals surface area contributed by atoms with Gasteiger partial charge in [0.1, 0.15) is 0 Å². The van der Waals surface area contributed by atoms with Crippen LogP contribution in [0.1, 0.15) is 39.5 Å². The summed E-state index contributed by atoms with van der Waals surface area (Å²) in [5.74, 6) is 1.91. The molecule has 0 N–H and O–H groups in total. The lowest BCUT2D eigenvalue weighted by Crippen LogP contribution is -2.07. The highest BCUT2D eigenvalue weighted by molar-refractivity contribution is 4.73. The minimum absolute atomic E-state index is 0.876. The van der Waals surface area contributed by atoms with E-state index in [1.165, 1.54) is 25.7 Å². The first-order chi connectivity index (χ1) is 5.34. The Balaban J connectivity index is 2.05. The molecule has 1 aliphatic rings. The van der Waals surface area contributed by atoms with Crippen LogP contribution in [0.15, 0.2) is 0 Å². The summed E-state index contributed by atoms with van der Waals surface area (Å²) in [4.78, 5) is 0. The van der Waals surface area contributed by atoms with Gasteiger partial charge in [0.15, 0.2) is 0 Å². The van der Waals surface area contributed by atoms with Crippen LogP contribution in [0.5, 0.6) is 0 Å². The van der Waals surface area contributed by atoms with Crippen LogP contribution in [0.2, 0.25) is 0 Å². The molecule has 0 aromatic rings. The molecular weight excluding hydrogens is 136 g/mol. The van der Waals surface area contributed by atoms with Crippen molar-refractivity contribution in [1.82, 2.24) is 0 Å². The molecule has 1 heteroatoms. The number of hydrogen-bond donors (Lipinski definition) is 0. The van der Waals surface area contributed by atoms with Gasteiger partial charge in [-0.2, -0.15) is 0 Å². The molecular formula is C10H20O. The van der Waals surface area contributed by atoms with Crippen LogP contribution in [0, 0.1) is 11.8 Å². The van der Waals surface area contributed by atoms with E-state index in [0.717, 1.165) is 25.0 Å². The van der Waals surface area contributed by atoms with E-state index in [-0.39, 0.29) is 0 Å². The molecule has 66 valence electrons. The molecule has 1 rings (SSSR count). The quantitative estimate of drug-likeness (QED) is 0.569. The van der Waals surface area contributed by atoms with Crippen molar-refractivity contribution >= 4 is 0 Å². The zero-order valence-corrected chi connectivity index (χ0v) is 7.81. The summed E-state index contributed by atoms with van der Waals surface area (Å²) in [6, 6.07) is 0. The predicted octanol–water partition coefficient (Wildman–Crippen LogP) is 2.85. The SMILES string of the molecule is CCOCCC1CCC[C@@H]1C. The minimum Gasteiger partial charge on any atom is -0.382 e. The second-order valence-electron chi connectivity index (χ2n) is 3.65. The number of rotatable bonds is 4. The summed E-state index contributed by atoms with van der Waals surface area (Å²) in [6.45, 7) is 6.30. The van der Waals surface area contributed by atoms with Gasteiger partial charge in [-0.1, -0.05) is 26.2 Å². The molecule has 0 spiro atoms. The van der Waals surface area contributed by atoms with Crippen LogP contribution in [-0.2, 0) is 4.74 Å². The summed E-state index contributed by atoms with van der Waals surface area (Å²) in [5.41, 5.74) is 0. The molecule has 1 unspecified atom stereocenters. The third kappa shape index (κ3) is 2.82. The molecule has 1 fully saturated rings. The van der Waals surface area contributed by atoms with E-state index in [9.17, 15) is 0 Å². The first kappa shape index (κ1) is 9.05. The van der Waals surface area contributed by atoms with Crippen LogP contribution in [-0.4, -0.2) is 13.2 Å². The molecule has 1 nitrogen and oxygen atoms in total. The Hall–Kier alpha value is -0.0400. The average Bonchev–Trinajstić information content (AvgIpc) is 2.37. The highest BCUT2D eigenvalue weighted by Gasteiger charge is 2.22. The lowest BCUT2D eigenvalue weighted by Gasteiger charge is -2.14. The maximum absolute atomic E-state index is 5.34. The van der Waals surface area contributed by atoms with Gasteiger partial charge in [0, 0.05) is 13.2 Å². The van der Waals surface area contributed by atoms with Crippen molar-refractivity contribution in [3.8, 4) is 0 Å². The van der Waals surface area contributed by atoms with E-state index in [1.54, 1.807) is 0 Å². The average molecular weight is 156 g/mol. The Bertz CT molecular complexity index is 101. The van der Waals surface area contributed by atoms with Gasteiger partial charge in [-0.3, -0.25) is 0 Å². The Morgan fingerprint density at radius 1 is 1.36 bits per heavy atom. The maximum atomic E-state index is 5.34. The van der Waals surface area contributed by atoms with Crippen LogP contribution >= 0.6 is 0 Å². The van der Waals surface area contributed by atoms with E-state index in [2.05, 4.69) is 13.8 Å². The molecule has 0 aliphatic heterocycles. The van der Waals surface area contributed by atoms with Gasteiger partial charge < -0.3 is 4.74 Å². The predicted molar refractivity (Wildman–Crippen MR) is 47.6 cm³/mol. The van der Waals surface area contributed by atoms with Crippen LogP contribution < -0.4 is 0 Å². The molecule has 0 amide bonds. The van der Waals surface area contributed by atoms with Crippen molar-refractivity contribution in [3.63, 3.8) is 0 Å². The number of hydrogen-bond acceptors (Lipinski definition) is 1. The molecule has 0 radical (unpaired) electrons. The summed E-state index contributed by atoms with van der Waals surface area (Å²) in [7, 11) is 0. The lowest BCUT2D eigenvalue weighted by molar-refractivity contribution is 0.127. The van der Waals surface area contributed by atoms with Crippen molar-refractivity contribution in [1.29, 1.82) is 0 Å². The van der Waals surface area contributed by atoms with E-state index in [1.807, 2.05) is 0 Å². The van der Waals surface area contributed by atoms with Gasteiger partial charge in [0.25, 0.3) is 0 Å². The number of ether oxygens (including phenoxy) is 1. The highest BCUT2D eigenvalue weighted by atomic mass is 16.5. The molecule has 0 bridgehead atoms. The van der Waals surface area contributed by atoms with Gasteiger partial charge in [-0.15, -0.1) is 0 Å². The van der Waals surface area contributed by atoms with Crippen molar-refractivity contribution in [2.75, 3.05) is 13.2 Å². The first-order valence-corrected chi connectivity index (χ1v) is 4.92. The molecule has 0 aromatic heterocycles. The molecule has 0 saturated heterocycles. The smallest absolute Gasteiger partial charge is 0.0468 e. The fourth-order valence-corrected chi connectivity index (χ4v) is 2.03. The van der Waals surface area contributed by atoms with Gasteiger partial charge >= 0.3 is 0 Å². The zero-order valence-electron chi connectivity index (χ0n) is 7.81. The van der Waals surface area contributed by atoms with E-state index < -0.39 is 0 Å². The standard InChI is InChI=1S/C10H20O/c1-3-11-8-7-10-6-4-5-9(10)2/h9-10H,3-8H2,1-2H3/t9-,10?/m0/s1. The minimum atomic E-state index is 0.876. The van der Waals surface area contributed by atoms with Crippen molar-refractivity contribution in [2.45, 2.75) is 39.5 Å². The topological polar surface area (TPSA) is 9.23 Å². The van der Waals surface area contributed by atoms with Crippen LogP contribution in [0.4, 0.5) is 0 Å². The molecule has 1 aliphatic carbocycles. The Kier molecular flexibility index (Phi) is 3.92. The zero-order chi connectivity index (χ0) is 8.10. The summed E-state index contributed by atoms with van der Waals surface area (Å²) < 4.78 is 5.34. The van der Waals surface area contributed by atoms with Crippen LogP contribution in [0.25, 0.3) is 0 Å². The van der Waals surface area contributed by atoms with Gasteiger partial charge in [-0.25, -0.2) is 0 Å². The summed E-state index contributed by atoms with van der Waals surface area (Å²) >= 11 is 0. The van der Waals surface area contributed by atoms with E-state index >= 15 is 0 Å². The van der Waals surface area contributed by atoms with Gasteiger partial charge in [0.2, 0.25) is 0 Å². The third-order valence-corrected chi connectivity index (χ3v) is 2.88. The fraction of sp³-hybridized carbons (Fsp3) is 1.00. The highest BCUT2D eigenvalue weighted by Crippen LogP contribution is 2.33. The fourth-order valence-electron chi connectivity index (χ4n) is 2.03. The molecule has 0 aromatic carbocycles. The Morgan fingerprint density at radius 3 is 2.73 bits per heavy atom. The van der Waals surface area contributed by atoms with E-state index in [0.29, 0.717) is 0 Å². The Morgan fingerprint density at radius 2 is 2.18 bits per heavy atom. The first-order valence-electron chi connectivity index (χ1n) is 4.92. The Labute approximate surface area is 70.1 Å². The van der Waals surface area contributed by atoms with Gasteiger partial charge in [0.05, 0.1) is 0 Å². The normalized spacial score (nSPS) is 31.1. The van der Waals surface area contributed by atoms with Crippen molar-refractivity contribution in [3.05, 3.63) is 0 Å².